The molecule has 0 heterocycles. The van der Waals surface area contributed by atoms with E-state index in [1.54, 1.807) is 0 Å². The molecular weight excluding hydrogens is 913 g/mol. The maximum absolute atomic E-state index is 12.7. The van der Waals surface area contributed by atoms with Gasteiger partial charge in [0.05, 0.1) is 0 Å². The molecule has 0 bridgehead atoms. The van der Waals surface area contributed by atoms with Gasteiger partial charge in [0.1, 0.15) is 0 Å². The molecule has 7 aromatic carbocycles. The van der Waals surface area contributed by atoms with Crippen LogP contribution in [0.1, 0.15) is 81.3 Å². The van der Waals surface area contributed by atoms with Gasteiger partial charge in [0, 0.05) is 0 Å². The second-order valence-electron chi connectivity index (χ2n) is 16.9. The van der Waals surface area contributed by atoms with Crippen molar-refractivity contribution in [3.8, 4) is 22.3 Å². The van der Waals surface area contributed by atoms with E-state index in [1.165, 1.54) is 79.2 Å². The summed E-state index contributed by atoms with van der Waals surface area (Å²) in [5.74, 6) is 0. The van der Waals surface area contributed by atoms with Gasteiger partial charge in [-0.3, -0.25) is 6.08 Å². The van der Waals surface area contributed by atoms with Gasteiger partial charge in [-0.05, 0) is 44.2 Å². The fraction of sp³-hybridized carbons (Fsp3) is 0.208. The standard InChI is InChI=1S/C33H33.C15H8F6.C5H5.2ClH.Zr/c1-32(2,3)30-20-26-24(18-28(30)22-13-9-7-10-14-22)17-25-19-29(23-15-11-8-12-16-23)31(21-27(25)26)33(4,5)6;16-14(17,18)12-5-1-3-10(8-12)7-11-4-2-6-13(9-11)15(19,20)21;1-2-4-5-3-1;;;/h7-21H,1-6H3;1-6,8-9H;1-3H,4H2;2*1H;/q-1;;-1;;;+2. The Morgan fingerprint density at radius 2 is 0.935 bits per heavy atom. The molecule has 320 valence electrons. The first-order valence-electron chi connectivity index (χ1n) is 19.7. The zero-order valence-corrected chi connectivity index (χ0v) is 39.4. The van der Waals surface area contributed by atoms with E-state index >= 15 is 0 Å². The summed E-state index contributed by atoms with van der Waals surface area (Å²) >= 11 is 0.729. The molecule has 8 rings (SSSR count). The van der Waals surface area contributed by atoms with Crippen molar-refractivity contribution in [1.82, 2.24) is 0 Å². The van der Waals surface area contributed by atoms with Gasteiger partial charge >= 0.3 is 137 Å². The Balaban J connectivity index is 0.000000252. The number of halogens is 8. The van der Waals surface area contributed by atoms with Crippen LogP contribution in [0.4, 0.5) is 26.3 Å². The van der Waals surface area contributed by atoms with Crippen molar-refractivity contribution < 1.29 is 50.6 Å². The van der Waals surface area contributed by atoms with E-state index in [0.717, 1.165) is 54.9 Å². The molecule has 1 aliphatic carbocycles. The second kappa shape index (κ2) is 20.4. The minimum absolute atomic E-state index is 0. The molecule has 7 aromatic rings. The minimum atomic E-state index is -4.49. The molecule has 0 amide bonds. The van der Waals surface area contributed by atoms with Crippen molar-refractivity contribution in [1.29, 1.82) is 0 Å². The predicted molar refractivity (Wildman–Crippen MR) is 247 cm³/mol. The quantitative estimate of drug-likeness (QED) is 0.122. The fourth-order valence-electron chi connectivity index (χ4n) is 7.27. The molecule has 0 spiro atoms. The van der Waals surface area contributed by atoms with Gasteiger partial charge in [-0.2, -0.15) is 6.08 Å². The Labute approximate surface area is 388 Å². The summed E-state index contributed by atoms with van der Waals surface area (Å²) in [4.78, 5) is 0. The van der Waals surface area contributed by atoms with E-state index in [4.69, 9.17) is 0 Å². The van der Waals surface area contributed by atoms with Crippen LogP contribution in [-0.2, 0) is 47.4 Å². The second-order valence-corrected chi connectivity index (χ2v) is 18.1. The van der Waals surface area contributed by atoms with Gasteiger partial charge in [0.25, 0.3) is 0 Å². The van der Waals surface area contributed by atoms with Crippen molar-refractivity contribution in [2.75, 3.05) is 0 Å². The topological polar surface area (TPSA) is 0 Å². The predicted octanol–water partition coefficient (Wildman–Crippen LogP) is 16.6. The fourth-order valence-corrected chi connectivity index (χ4v) is 8.03. The Hall–Kier alpha value is -4.42. The number of fused-ring (bicyclic) bond motifs is 3. The Bertz CT molecular complexity index is 2490. The summed E-state index contributed by atoms with van der Waals surface area (Å²) in [6.07, 6.45) is 1.03. The van der Waals surface area contributed by atoms with Crippen LogP contribution in [-0.4, -0.2) is 3.21 Å². The largest absolute Gasteiger partial charge is 0.273 e. The summed E-state index contributed by atoms with van der Waals surface area (Å²) in [7, 11) is 0. The summed E-state index contributed by atoms with van der Waals surface area (Å²) in [6, 6.07) is 42.9. The molecule has 0 atom stereocenters. The molecule has 9 heteroatoms. The number of rotatable bonds is 4. The average molecular weight is 961 g/mol. The first-order chi connectivity index (χ1) is 28.2. The van der Waals surface area contributed by atoms with Gasteiger partial charge in [0.15, 0.2) is 0 Å². The molecule has 0 saturated heterocycles. The van der Waals surface area contributed by atoms with E-state index in [-0.39, 0.29) is 46.8 Å². The SMILES string of the molecule is CC(C)(C)c1cc2c(cc1-c1ccccc1)[cH-]c1cc(-c3ccccc3)c(C(C)(C)C)cc12.Cl.Cl.FC(F)(F)c1cccc([C](=[Zr+2])c2cccc(C(F)(F)F)c2)c1.[C-]1=CC=CC1. The maximum Gasteiger partial charge on any atom is -0.109 e. The van der Waals surface area contributed by atoms with Gasteiger partial charge < -0.3 is 0 Å². The Kier molecular flexibility index (Phi) is 16.5. The van der Waals surface area contributed by atoms with Gasteiger partial charge in [-0.25, -0.2) is 12.2 Å². The van der Waals surface area contributed by atoms with Crippen LogP contribution >= 0.6 is 24.8 Å². The Morgan fingerprint density at radius 1 is 0.532 bits per heavy atom. The third-order valence-electron chi connectivity index (χ3n) is 10.3. The molecule has 0 nitrogen and oxygen atoms in total. The van der Waals surface area contributed by atoms with Crippen LogP contribution in [0.3, 0.4) is 0 Å². The zero-order valence-electron chi connectivity index (χ0n) is 35.3. The molecule has 1 aliphatic rings. The molecule has 0 fully saturated rings. The molecule has 62 heavy (non-hydrogen) atoms. The van der Waals surface area contributed by atoms with Crippen LogP contribution in [0.25, 0.3) is 43.8 Å². The average Bonchev–Trinajstić information content (AvgIpc) is 3.91. The number of allylic oxidation sites excluding steroid dienone is 4. The minimum Gasteiger partial charge on any atom is -0.273 e. The molecule has 0 saturated carbocycles. The van der Waals surface area contributed by atoms with Gasteiger partial charge in [-0.15, -0.1) is 71.0 Å². The van der Waals surface area contributed by atoms with Crippen LogP contribution in [0, 0.1) is 6.08 Å². The summed E-state index contributed by atoms with van der Waals surface area (Å²) in [5, 5.41) is 5.36. The summed E-state index contributed by atoms with van der Waals surface area (Å²) < 4.78 is 76.7. The number of hydrogen-bond acceptors (Lipinski definition) is 0. The van der Waals surface area contributed by atoms with Crippen molar-refractivity contribution in [3.63, 3.8) is 0 Å². The van der Waals surface area contributed by atoms with Crippen molar-refractivity contribution >= 4 is 49.6 Å². The van der Waals surface area contributed by atoms with E-state index in [1.807, 2.05) is 12.2 Å². The van der Waals surface area contributed by atoms with Crippen LogP contribution in [0.2, 0.25) is 0 Å². The summed E-state index contributed by atoms with van der Waals surface area (Å²) in [5.41, 5.74) is 7.06. The van der Waals surface area contributed by atoms with Gasteiger partial charge in [0.2, 0.25) is 0 Å². The molecule has 0 radical (unpaired) electrons. The van der Waals surface area contributed by atoms with Crippen molar-refractivity contribution in [3.05, 3.63) is 197 Å². The number of hydrogen-bond donors (Lipinski definition) is 0. The van der Waals surface area contributed by atoms with E-state index in [9.17, 15) is 26.3 Å². The Morgan fingerprint density at radius 3 is 1.24 bits per heavy atom. The number of alkyl halides is 6. The zero-order chi connectivity index (χ0) is 43.5. The maximum atomic E-state index is 12.7. The molecule has 0 aromatic heterocycles. The first-order valence-corrected chi connectivity index (χ1v) is 20.9. The normalized spacial score (nSPS) is 12.5. The smallest absolute Gasteiger partial charge is 0.109 e. The number of benzene rings is 6. The molecule has 0 N–H and O–H groups in total. The van der Waals surface area contributed by atoms with Crippen LogP contribution in [0.15, 0.2) is 158 Å². The molecule has 0 aliphatic heterocycles. The van der Waals surface area contributed by atoms with E-state index in [2.05, 4.69) is 145 Å². The van der Waals surface area contributed by atoms with Crippen molar-refractivity contribution in [2.45, 2.75) is 71.1 Å². The monoisotopic (exact) mass is 958 g/mol. The van der Waals surface area contributed by atoms with Crippen molar-refractivity contribution in [2.24, 2.45) is 0 Å². The van der Waals surface area contributed by atoms with Gasteiger partial charge in [-0.1, -0.05) is 114 Å². The first kappa shape index (κ1) is 50.2. The third-order valence-corrected chi connectivity index (χ3v) is 11.7. The van der Waals surface area contributed by atoms with E-state index < -0.39 is 23.5 Å². The van der Waals surface area contributed by atoms with E-state index in [0.29, 0.717) is 3.21 Å². The molecular formula is C53H48Cl2F6Zr. The molecule has 0 unspecified atom stereocenters. The summed E-state index contributed by atoms with van der Waals surface area (Å²) in [6.45, 7) is 13.9. The third kappa shape index (κ3) is 12.2. The van der Waals surface area contributed by atoms with Crippen LogP contribution in [0.5, 0.6) is 0 Å². The van der Waals surface area contributed by atoms with Crippen LogP contribution < -0.4 is 0 Å².